The maximum absolute atomic E-state index is 13.3. The number of thioether (sulfide) groups is 1. The molecule has 0 radical (unpaired) electrons. The summed E-state index contributed by atoms with van der Waals surface area (Å²) in [5.41, 5.74) is 1.06. The standard InChI is InChI=1S/C23H22N4O3S/c1-14(20-24-18-10-4-2-8-16(18)21(28)26-20)31-23-25-19-11-5-3-9-17(19)22(29)27(23)13-15-7-6-12-30-15/h2-5,8-11,14-15H,6-7,12-13H2,1H3,(H,24,26,28). The van der Waals surface area contributed by atoms with Crippen molar-refractivity contribution in [3.05, 3.63) is 75.1 Å². The summed E-state index contributed by atoms with van der Waals surface area (Å²) in [6.45, 7) is 3.14. The van der Waals surface area contributed by atoms with Crippen molar-refractivity contribution in [3.8, 4) is 0 Å². The molecule has 158 valence electrons. The number of aromatic nitrogens is 4. The van der Waals surface area contributed by atoms with Gasteiger partial charge in [0.25, 0.3) is 11.1 Å². The van der Waals surface area contributed by atoms with E-state index in [2.05, 4.69) is 9.97 Å². The molecule has 0 aliphatic carbocycles. The topological polar surface area (TPSA) is 89.9 Å². The molecular weight excluding hydrogens is 412 g/mol. The molecule has 2 unspecified atom stereocenters. The number of nitrogens with zero attached hydrogens (tertiary/aromatic N) is 3. The molecule has 0 amide bonds. The Morgan fingerprint density at radius 1 is 1.10 bits per heavy atom. The molecule has 2 atom stereocenters. The maximum Gasteiger partial charge on any atom is 0.262 e. The number of H-pyrrole nitrogens is 1. The Bertz CT molecular complexity index is 1370. The van der Waals surface area contributed by atoms with E-state index >= 15 is 0 Å². The molecule has 1 saturated heterocycles. The first kappa shape index (κ1) is 20.0. The van der Waals surface area contributed by atoms with Gasteiger partial charge in [-0.25, -0.2) is 9.97 Å². The second-order valence-corrected chi connectivity index (χ2v) is 9.00. The van der Waals surface area contributed by atoms with Crippen molar-refractivity contribution in [2.24, 2.45) is 0 Å². The molecule has 4 aromatic rings. The first-order valence-electron chi connectivity index (χ1n) is 10.4. The van der Waals surface area contributed by atoms with Gasteiger partial charge in [0, 0.05) is 6.61 Å². The summed E-state index contributed by atoms with van der Waals surface area (Å²) in [4.78, 5) is 38.1. The average Bonchev–Trinajstić information content (AvgIpc) is 3.30. The molecule has 2 aromatic carbocycles. The highest BCUT2D eigenvalue weighted by molar-refractivity contribution is 7.99. The van der Waals surface area contributed by atoms with E-state index in [4.69, 9.17) is 9.72 Å². The summed E-state index contributed by atoms with van der Waals surface area (Å²) in [6, 6.07) is 14.6. The van der Waals surface area contributed by atoms with Crippen molar-refractivity contribution in [2.75, 3.05) is 6.61 Å². The van der Waals surface area contributed by atoms with Crippen molar-refractivity contribution in [1.82, 2.24) is 19.5 Å². The Kier molecular flexibility index (Phi) is 5.33. The number of rotatable bonds is 5. The lowest BCUT2D eigenvalue weighted by atomic mass is 10.2. The Morgan fingerprint density at radius 3 is 2.55 bits per heavy atom. The lowest BCUT2D eigenvalue weighted by Gasteiger charge is -2.18. The van der Waals surface area contributed by atoms with Crippen LogP contribution < -0.4 is 11.1 Å². The van der Waals surface area contributed by atoms with Crippen LogP contribution in [0.15, 0.2) is 63.3 Å². The predicted octanol–water partition coefficient (Wildman–Crippen LogP) is 3.67. The molecule has 1 aliphatic rings. The van der Waals surface area contributed by atoms with Crippen LogP contribution >= 0.6 is 11.8 Å². The van der Waals surface area contributed by atoms with Crippen LogP contribution in [0.4, 0.5) is 0 Å². The highest BCUT2D eigenvalue weighted by Gasteiger charge is 2.22. The average molecular weight is 435 g/mol. The second kappa shape index (κ2) is 8.28. The third-order valence-corrected chi connectivity index (χ3v) is 6.63. The van der Waals surface area contributed by atoms with Crippen LogP contribution in [-0.2, 0) is 11.3 Å². The lowest BCUT2D eigenvalue weighted by molar-refractivity contribution is 0.0937. The highest BCUT2D eigenvalue weighted by Crippen LogP contribution is 2.32. The van der Waals surface area contributed by atoms with E-state index in [1.807, 2.05) is 43.3 Å². The minimum atomic E-state index is -0.207. The number of benzene rings is 2. The van der Waals surface area contributed by atoms with Crippen molar-refractivity contribution in [2.45, 2.75) is 42.8 Å². The van der Waals surface area contributed by atoms with Gasteiger partial charge in [0.2, 0.25) is 0 Å². The molecular formula is C23H22N4O3S. The van der Waals surface area contributed by atoms with Crippen molar-refractivity contribution in [1.29, 1.82) is 0 Å². The monoisotopic (exact) mass is 434 g/mol. The minimum absolute atomic E-state index is 0.00826. The van der Waals surface area contributed by atoms with Gasteiger partial charge in [-0.1, -0.05) is 36.0 Å². The van der Waals surface area contributed by atoms with E-state index in [0.717, 1.165) is 19.4 Å². The van der Waals surface area contributed by atoms with Crippen LogP contribution in [0.2, 0.25) is 0 Å². The van der Waals surface area contributed by atoms with Gasteiger partial charge in [0.1, 0.15) is 5.82 Å². The summed E-state index contributed by atoms with van der Waals surface area (Å²) in [7, 11) is 0. The van der Waals surface area contributed by atoms with Crippen LogP contribution in [-0.4, -0.2) is 32.2 Å². The van der Waals surface area contributed by atoms with Gasteiger partial charge in [-0.3, -0.25) is 14.2 Å². The quantitative estimate of drug-likeness (QED) is 0.381. The fraction of sp³-hybridized carbons (Fsp3) is 0.304. The van der Waals surface area contributed by atoms with Gasteiger partial charge < -0.3 is 9.72 Å². The van der Waals surface area contributed by atoms with E-state index < -0.39 is 0 Å². The van der Waals surface area contributed by atoms with Crippen molar-refractivity contribution < 1.29 is 4.74 Å². The molecule has 0 spiro atoms. The van der Waals surface area contributed by atoms with E-state index in [0.29, 0.717) is 39.3 Å². The largest absolute Gasteiger partial charge is 0.376 e. The molecule has 1 aliphatic heterocycles. The zero-order chi connectivity index (χ0) is 21.4. The van der Waals surface area contributed by atoms with E-state index in [1.165, 1.54) is 11.8 Å². The van der Waals surface area contributed by atoms with Crippen LogP contribution in [0.1, 0.15) is 30.8 Å². The predicted molar refractivity (Wildman–Crippen MR) is 122 cm³/mol. The Balaban J connectivity index is 1.56. The fourth-order valence-electron chi connectivity index (χ4n) is 3.90. The number of hydrogen-bond donors (Lipinski definition) is 1. The van der Waals surface area contributed by atoms with E-state index in [9.17, 15) is 9.59 Å². The van der Waals surface area contributed by atoms with Crippen LogP contribution in [0.3, 0.4) is 0 Å². The minimum Gasteiger partial charge on any atom is -0.376 e. The van der Waals surface area contributed by atoms with Crippen LogP contribution in [0, 0.1) is 0 Å². The van der Waals surface area contributed by atoms with Gasteiger partial charge in [0.15, 0.2) is 5.16 Å². The first-order chi connectivity index (χ1) is 15.1. The molecule has 0 bridgehead atoms. The van der Waals surface area contributed by atoms with Gasteiger partial charge >= 0.3 is 0 Å². The summed E-state index contributed by atoms with van der Waals surface area (Å²) in [5.74, 6) is 0.555. The number of aromatic amines is 1. The van der Waals surface area contributed by atoms with Gasteiger partial charge in [0.05, 0.1) is 39.7 Å². The molecule has 8 heteroatoms. The van der Waals surface area contributed by atoms with Gasteiger partial charge in [-0.2, -0.15) is 0 Å². The molecule has 31 heavy (non-hydrogen) atoms. The van der Waals surface area contributed by atoms with Gasteiger partial charge in [-0.15, -0.1) is 0 Å². The van der Waals surface area contributed by atoms with Crippen LogP contribution in [0.5, 0.6) is 0 Å². The molecule has 0 saturated carbocycles. The molecule has 1 N–H and O–H groups in total. The SMILES string of the molecule is CC(Sc1nc2ccccc2c(=O)n1CC1CCCO1)c1nc2ccccc2c(=O)[nH]1. The van der Waals surface area contributed by atoms with E-state index in [-0.39, 0.29) is 22.5 Å². The lowest BCUT2D eigenvalue weighted by Crippen LogP contribution is -2.29. The smallest absolute Gasteiger partial charge is 0.262 e. The molecule has 7 nitrogen and oxygen atoms in total. The van der Waals surface area contributed by atoms with Crippen molar-refractivity contribution in [3.63, 3.8) is 0 Å². The normalized spacial score (nSPS) is 17.4. The fourth-order valence-corrected chi connectivity index (χ4v) is 4.88. The third kappa shape index (κ3) is 3.88. The number of para-hydroxylation sites is 2. The van der Waals surface area contributed by atoms with E-state index in [1.54, 1.807) is 16.7 Å². The number of hydrogen-bond acceptors (Lipinski definition) is 6. The number of fused-ring (bicyclic) bond motifs is 2. The number of ether oxygens (including phenoxy) is 1. The van der Waals surface area contributed by atoms with Gasteiger partial charge in [-0.05, 0) is 44.0 Å². The highest BCUT2D eigenvalue weighted by atomic mass is 32.2. The summed E-state index contributed by atoms with van der Waals surface area (Å²) < 4.78 is 7.48. The summed E-state index contributed by atoms with van der Waals surface area (Å²) in [6.07, 6.45) is 1.94. The molecule has 2 aromatic heterocycles. The Morgan fingerprint density at radius 2 is 1.81 bits per heavy atom. The second-order valence-electron chi connectivity index (χ2n) is 7.69. The maximum atomic E-state index is 13.3. The zero-order valence-corrected chi connectivity index (χ0v) is 17.9. The molecule has 1 fully saturated rings. The summed E-state index contributed by atoms with van der Waals surface area (Å²) >= 11 is 1.42. The van der Waals surface area contributed by atoms with Crippen molar-refractivity contribution >= 4 is 33.6 Å². The first-order valence-corrected chi connectivity index (χ1v) is 11.2. The molecule has 3 heterocycles. The Hall–Kier alpha value is -2.97. The third-order valence-electron chi connectivity index (χ3n) is 5.54. The number of nitrogens with one attached hydrogen (secondary N) is 1. The summed E-state index contributed by atoms with van der Waals surface area (Å²) in [5, 5.41) is 1.54. The zero-order valence-electron chi connectivity index (χ0n) is 17.1. The Labute approximate surface area is 182 Å². The molecule has 5 rings (SSSR count). The van der Waals surface area contributed by atoms with Crippen LogP contribution in [0.25, 0.3) is 21.8 Å².